The summed E-state index contributed by atoms with van der Waals surface area (Å²) < 4.78 is 0. The number of hydrogen-bond donors (Lipinski definition) is 0. The van der Waals surface area contributed by atoms with E-state index in [1.165, 1.54) is 31.2 Å². The van der Waals surface area contributed by atoms with Gasteiger partial charge in [-0.25, -0.2) is 0 Å². The highest BCUT2D eigenvalue weighted by atomic mass is 15.5. The summed E-state index contributed by atoms with van der Waals surface area (Å²) in [5, 5.41) is 8.51. The first kappa shape index (κ1) is 10.5. The lowest BCUT2D eigenvalue weighted by atomic mass is 9.79. The SMILES string of the molecule is c1ccc(C2(Cn3nccn3)CCCC2)cc1. The van der Waals surface area contributed by atoms with Crippen LogP contribution in [0.25, 0.3) is 0 Å². The Labute approximate surface area is 101 Å². The summed E-state index contributed by atoms with van der Waals surface area (Å²) in [6.07, 6.45) is 8.64. The van der Waals surface area contributed by atoms with Gasteiger partial charge in [0.25, 0.3) is 0 Å². The largest absolute Gasteiger partial charge is 0.184 e. The van der Waals surface area contributed by atoms with Crippen LogP contribution in [-0.2, 0) is 12.0 Å². The van der Waals surface area contributed by atoms with E-state index in [1.807, 2.05) is 4.80 Å². The van der Waals surface area contributed by atoms with E-state index in [0.717, 1.165) is 6.54 Å². The highest BCUT2D eigenvalue weighted by Gasteiger charge is 2.36. The molecule has 0 unspecified atom stereocenters. The van der Waals surface area contributed by atoms with Gasteiger partial charge in [-0.3, -0.25) is 0 Å². The number of hydrogen-bond acceptors (Lipinski definition) is 2. The Kier molecular flexibility index (Phi) is 2.67. The van der Waals surface area contributed by atoms with Crippen LogP contribution in [0.1, 0.15) is 31.2 Å². The molecule has 0 atom stereocenters. The molecule has 1 fully saturated rings. The second-order valence-electron chi connectivity index (χ2n) is 4.91. The molecule has 2 aromatic rings. The van der Waals surface area contributed by atoms with Crippen LogP contribution in [0.5, 0.6) is 0 Å². The third kappa shape index (κ3) is 1.97. The van der Waals surface area contributed by atoms with E-state index in [1.54, 1.807) is 12.4 Å². The lowest BCUT2D eigenvalue weighted by Gasteiger charge is -2.28. The van der Waals surface area contributed by atoms with Gasteiger partial charge in [-0.2, -0.15) is 15.0 Å². The van der Waals surface area contributed by atoms with Crippen molar-refractivity contribution in [2.75, 3.05) is 0 Å². The molecule has 17 heavy (non-hydrogen) atoms. The molecule has 1 aliphatic carbocycles. The summed E-state index contributed by atoms with van der Waals surface area (Å²) in [4.78, 5) is 1.83. The highest BCUT2D eigenvalue weighted by Crippen LogP contribution is 2.42. The summed E-state index contributed by atoms with van der Waals surface area (Å²) in [6.45, 7) is 0.907. The molecule has 0 radical (unpaired) electrons. The van der Waals surface area contributed by atoms with Gasteiger partial charge in [0, 0.05) is 5.41 Å². The van der Waals surface area contributed by atoms with Crippen molar-refractivity contribution < 1.29 is 0 Å². The molecule has 0 bridgehead atoms. The molecular formula is C14H17N3. The van der Waals surface area contributed by atoms with Crippen molar-refractivity contribution in [3.63, 3.8) is 0 Å². The van der Waals surface area contributed by atoms with E-state index >= 15 is 0 Å². The van der Waals surface area contributed by atoms with E-state index in [2.05, 4.69) is 40.5 Å². The zero-order valence-electron chi connectivity index (χ0n) is 9.92. The predicted molar refractivity (Wildman–Crippen MR) is 66.6 cm³/mol. The maximum atomic E-state index is 4.26. The van der Waals surface area contributed by atoms with Gasteiger partial charge < -0.3 is 0 Å². The van der Waals surface area contributed by atoms with Crippen LogP contribution in [-0.4, -0.2) is 15.0 Å². The summed E-state index contributed by atoms with van der Waals surface area (Å²) in [7, 11) is 0. The third-order valence-corrected chi connectivity index (χ3v) is 3.86. The normalized spacial score (nSPS) is 18.4. The minimum Gasteiger partial charge on any atom is -0.184 e. The molecule has 1 aromatic heterocycles. The van der Waals surface area contributed by atoms with Crippen molar-refractivity contribution in [3.8, 4) is 0 Å². The Morgan fingerprint density at radius 2 is 1.65 bits per heavy atom. The van der Waals surface area contributed by atoms with Gasteiger partial charge in [0.1, 0.15) is 0 Å². The molecule has 3 nitrogen and oxygen atoms in total. The van der Waals surface area contributed by atoms with Crippen LogP contribution in [0.3, 0.4) is 0 Å². The molecule has 0 spiro atoms. The fraction of sp³-hybridized carbons (Fsp3) is 0.429. The van der Waals surface area contributed by atoms with E-state index in [0.29, 0.717) is 0 Å². The molecular weight excluding hydrogens is 210 g/mol. The predicted octanol–water partition coefficient (Wildman–Crippen LogP) is 2.79. The number of benzene rings is 1. The minimum absolute atomic E-state index is 0.250. The molecule has 1 heterocycles. The Balaban J connectivity index is 1.93. The van der Waals surface area contributed by atoms with Crippen LogP contribution in [0.15, 0.2) is 42.7 Å². The second-order valence-corrected chi connectivity index (χ2v) is 4.91. The van der Waals surface area contributed by atoms with Crippen LogP contribution >= 0.6 is 0 Å². The van der Waals surface area contributed by atoms with Gasteiger partial charge in [0.2, 0.25) is 0 Å². The molecule has 88 valence electrons. The molecule has 1 aromatic carbocycles. The molecule has 3 heteroatoms. The van der Waals surface area contributed by atoms with Crippen LogP contribution in [0.2, 0.25) is 0 Å². The topological polar surface area (TPSA) is 30.7 Å². The van der Waals surface area contributed by atoms with Gasteiger partial charge in [-0.05, 0) is 18.4 Å². The summed E-state index contributed by atoms with van der Waals surface area (Å²) in [5.74, 6) is 0. The Morgan fingerprint density at radius 1 is 1.00 bits per heavy atom. The first-order chi connectivity index (χ1) is 8.39. The van der Waals surface area contributed by atoms with E-state index in [4.69, 9.17) is 0 Å². The molecule has 3 rings (SSSR count). The molecule has 0 aliphatic heterocycles. The number of rotatable bonds is 3. The smallest absolute Gasteiger partial charge is 0.0703 e. The molecule has 1 saturated carbocycles. The van der Waals surface area contributed by atoms with E-state index in [9.17, 15) is 0 Å². The monoisotopic (exact) mass is 227 g/mol. The Hall–Kier alpha value is -1.64. The van der Waals surface area contributed by atoms with Crippen LogP contribution in [0.4, 0.5) is 0 Å². The van der Waals surface area contributed by atoms with Crippen molar-refractivity contribution >= 4 is 0 Å². The Morgan fingerprint density at radius 3 is 2.29 bits per heavy atom. The van der Waals surface area contributed by atoms with Crippen molar-refractivity contribution in [2.45, 2.75) is 37.6 Å². The number of nitrogens with zero attached hydrogens (tertiary/aromatic N) is 3. The summed E-state index contributed by atoms with van der Waals surface area (Å²) in [5.41, 5.74) is 1.69. The second kappa shape index (κ2) is 4.32. The quantitative estimate of drug-likeness (QED) is 0.807. The zero-order valence-corrected chi connectivity index (χ0v) is 9.92. The van der Waals surface area contributed by atoms with Crippen molar-refractivity contribution in [1.29, 1.82) is 0 Å². The van der Waals surface area contributed by atoms with Gasteiger partial charge in [0.15, 0.2) is 0 Å². The van der Waals surface area contributed by atoms with Crippen LogP contribution < -0.4 is 0 Å². The highest BCUT2D eigenvalue weighted by molar-refractivity contribution is 5.26. The fourth-order valence-electron chi connectivity index (χ4n) is 2.98. The van der Waals surface area contributed by atoms with Crippen molar-refractivity contribution in [3.05, 3.63) is 48.3 Å². The average molecular weight is 227 g/mol. The lowest BCUT2D eigenvalue weighted by Crippen LogP contribution is -2.29. The molecule has 0 saturated heterocycles. The van der Waals surface area contributed by atoms with Gasteiger partial charge in [0.05, 0.1) is 18.9 Å². The maximum absolute atomic E-state index is 4.26. The summed E-state index contributed by atoms with van der Waals surface area (Å²) in [6, 6.07) is 10.8. The van der Waals surface area contributed by atoms with Crippen LogP contribution in [0, 0.1) is 0 Å². The van der Waals surface area contributed by atoms with Gasteiger partial charge >= 0.3 is 0 Å². The Bertz CT molecular complexity index is 455. The van der Waals surface area contributed by atoms with Crippen molar-refractivity contribution in [1.82, 2.24) is 15.0 Å². The van der Waals surface area contributed by atoms with E-state index in [-0.39, 0.29) is 5.41 Å². The lowest BCUT2D eigenvalue weighted by molar-refractivity contribution is 0.329. The third-order valence-electron chi connectivity index (χ3n) is 3.86. The fourth-order valence-corrected chi connectivity index (χ4v) is 2.98. The van der Waals surface area contributed by atoms with Crippen molar-refractivity contribution in [2.24, 2.45) is 0 Å². The molecule has 0 amide bonds. The first-order valence-corrected chi connectivity index (χ1v) is 6.29. The average Bonchev–Trinajstić information content (AvgIpc) is 3.03. The maximum Gasteiger partial charge on any atom is 0.0703 e. The zero-order chi connectivity index (χ0) is 11.6. The summed E-state index contributed by atoms with van der Waals surface area (Å²) >= 11 is 0. The first-order valence-electron chi connectivity index (χ1n) is 6.29. The molecule has 0 N–H and O–H groups in total. The van der Waals surface area contributed by atoms with Gasteiger partial charge in [-0.1, -0.05) is 43.2 Å². The minimum atomic E-state index is 0.250. The standard InChI is InChI=1S/C14H17N3/c1-2-6-13(7-3-1)14(8-4-5-9-14)12-17-15-10-11-16-17/h1-3,6-7,10-11H,4-5,8-9,12H2. The number of aromatic nitrogens is 3. The van der Waals surface area contributed by atoms with E-state index < -0.39 is 0 Å². The molecule has 1 aliphatic rings. The van der Waals surface area contributed by atoms with Gasteiger partial charge in [-0.15, -0.1) is 0 Å².